The molecule has 2 aromatic rings. The molecule has 2 aromatic heterocycles. The van der Waals surface area contributed by atoms with Crippen molar-refractivity contribution in [3.63, 3.8) is 0 Å². The van der Waals surface area contributed by atoms with Gasteiger partial charge < -0.3 is 10.2 Å². The summed E-state index contributed by atoms with van der Waals surface area (Å²) in [7, 11) is 4.30. The Labute approximate surface area is 178 Å². The first-order valence-corrected chi connectivity index (χ1v) is 11.1. The van der Waals surface area contributed by atoms with E-state index in [-0.39, 0.29) is 5.78 Å². The van der Waals surface area contributed by atoms with Gasteiger partial charge in [0.2, 0.25) is 0 Å². The molecule has 2 heterocycles. The van der Waals surface area contributed by atoms with Crippen LogP contribution >= 0.6 is 11.6 Å². The SMILES string of the molecule is CC(=O)C1(c2cnc3ccc(Cl)nc3c2NC2CCC(CN(C)C)CC2)CCC1. The van der Waals surface area contributed by atoms with Crippen molar-refractivity contribution in [3.8, 4) is 0 Å². The number of carbonyl (C=O) groups is 1. The molecule has 0 radical (unpaired) electrons. The van der Waals surface area contributed by atoms with Crippen LogP contribution in [0.4, 0.5) is 5.69 Å². The van der Waals surface area contributed by atoms with Crippen LogP contribution in [0.2, 0.25) is 5.15 Å². The number of ketones is 1. The Kier molecular flexibility index (Phi) is 5.80. The van der Waals surface area contributed by atoms with Crippen molar-refractivity contribution in [2.24, 2.45) is 5.92 Å². The predicted molar refractivity (Wildman–Crippen MR) is 119 cm³/mol. The zero-order chi connectivity index (χ0) is 20.6. The topological polar surface area (TPSA) is 58.1 Å². The van der Waals surface area contributed by atoms with Crippen molar-refractivity contribution >= 4 is 34.1 Å². The van der Waals surface area contributed by atoms with Gasteiger partial charge in [-0.1, -0.05) is 18.0 Å². The molecule has 0 spiro atoms. The van der Waals surface area contributed by atoms with E-state index < -0.39 is 5.41 Å². The zero-order valence-electron chi connectivity index (χ0n) is 17.7. The fourth-order valence-corrected chi connectivity index (χ4v) is 5.25. The number of carbonyl (C=O) groups excluding carboxylic acids is 1. The molecule has 2 fully saturated rings. The molecule has 0 amide bonds. The molecule has 4 rings (SSSR count). The third-order valence-electron chi connectivity index (χ3n) is 6.89. The standard InChI is InChI=1S/C23H31ClN4O/c1-15(29)23(11-4-12-23)18-13-25-19-9-10-20(24)27-22(19)21(18)26-17-7-5-16(6-8-17)14-28(2)3/h9-10,13,16-17H,4-8,11-12,14H2,1-3H3,(H,25,26). The number of nitrogens with one attached hydrogen (secondary N) is 1. The lowest BCUT2D eigenvalue weighted by atomic mass is 9.62. The van der Waals surface area contributed by atoms with Gasteiger partial charge in [-0.05, 0) is 77.6 Å². The smallest absolute Gasteiger partial charge is 0.140 e. The number of fused-ring (bicyclic) bond motifs is 1. The summed E-state index contributed by atoms with van der Waals surface area (Å²) in [6, 6.07) is 4.08. The van der Waals surface area contributed by atoms with Crippen LogP contribution in [0.15, 0.2) is 18.3 Å². The molecule has 0 aromatic carbocycles. The van der Waals surface area contributed by atoms with Crippen molar-refractivity contribution < 1.29 is 4.79 Å². The van der Waals surface area contributed by atoms with E-state index in [1.165, 1.54) is 12.8 Å². The van der Waals surface area contributed by atoms with E-state index in [0.29, 0.717) is 11.2 Å². The van der Waals surface area contributed by atoms with E-state index >= 15 is 0 Å². The molecule has 0 aliphatic heterocycles. The lowest BCUT2D eigenvalue weighted by molar-refractivity contribution is -0.125. The number of Topliss-reactive ketones (excluding diaryl/α,β-unsaturated/α-hetero) is 1. The number of anilines is 1. The summed E-state index contributed by atoms with van der Waals surface area (Å²) in [5.41, 5.74) is 3.17. The minimum Gasteiger partial charge on any atom is -0.380 e. The number of halogens is 1. The van der Waals surface area contributed by atoms with E-state index in [9.17, 15) is 4.79 Å². The molecule has 1 N–H and O–H groups in total. The van der Waals surface area contributed by atoms with Gasteiger partial charge in [-0.2, -0.15) is 0 Å². The van der Waals surface area contributed by atoms with E-state index in [1.54, 1.807) is 13.0 Å². The molecular weight excluding hydrogens is 384 g/mol. The molecule has 156 valence electrons. The second kappa shape index (κ2) is 8.19. The van der Waals surface area contributed by atoms with Crippen molar-refractivity contribution in [1.82, 2.24) is 14.9 Å². The summed E-state index contributed by atoms with van der Waals surface area (Å²) in [5.74, 6) is 0.990. The van der Waals surface area contributed by atoms with E-state index in [2.05, 4.69) is 34.3 Å². The van der Waals surface area contributed by atoms with Crippen LogP contribution in [-0.4, -0.2) is 47.3 Å². The molecule has 2 aliphatic carbocycles. The van der Waals surface area contributed by atoms with Crippen LogP contribution < -0.4 is 5.32 Å². The van der Waals surface area contributed by atoms with Crippen LogP contribution in [0.1, 0.15) is 57.4 Å². The molecule has 0 saturated heterocycles. The van der Waals surface area contributed by atoms with Gasteiger partial charge in [-0.3, -0.25) is 9.78 Å². The Bertz CT molecular complexity index is 901. The maximum Gasteiger partial charge on any atom is 0.140 e. The fourth-order valence-electron chi connectivity index (χ4n) is 5.10. The van der Waals surface area contributed by atoms with E-state index in [0.717, 1.165) is 66.9 Å². The largest absolute Gasteiger partial charge is 0.380 e. The Hall–Kier alpha value is -1.72. The molecule has 6 heteroatoms. The number of nitrogens with zero attached hydrogens (tertiary/aromatic N) is 3. The molecule has 29 heavy (non-hydrogen) atoms. The normalized spacial score (nSPS) is 23.8. The maximum atomic E-state index is 12.6. The summed E-state index contributed by atoms with van der Waals surface area (Å²) in [6.45, 7) is 2.87. The first kappa shape index (κ1) is 20.5. The molecule has 0 bridgehead atoms. The van der Waals surface area contributed by atoms with E-state index in [4.69, 9.17) is 11.6 Å². The second-order valence-corrected chi connectivity index (χ2v) is 9.55. The lowest BCUT2D eigenvalue weighted by Crippen LogP contribution is -2.42. The van der Waals surface area contributed by atoms with Crippen molar-refractivity contribution in [2.45, 2.75) is 63.3 Å². The molecule has 2 aliphatic rings. The Balaban J connectivity index is 1.67. The van der Waals surface area contributed by atoms with Gasteiger partial charge in [0.05, 0.1) is 16.6 Å². The van der Waals surface area contributed by atoms with Gasteiger partial charge in [0.1, 0.15) is 16.5 Å². The molecular formula is C23H31ClN4O. The summed E-state index contributed by atoms with van der Waals surface area (Å²) in [5, 5.41) is 4.25. The first-order valence-electron chi connectivity index (χ1n) is 10.8. The average Bonchev–Trinajstić information content (AvgIpc) is 2.63. The highest BCUT2D eigenvalue weighted by molar-refractivity contribution is 6.29. The first-order chi connectivity index (χ1) is 13.9. The van der Waals surface area contributed by atoms with Crippen LogP contribution in [-0.2, 0) is 10.2 Å². The third kappa shape index (κ3) is 3.99. The minimum atomic E-state index is -0.421. The number of hydrogen-bond acceptors (Lipinski definition) is 5. The number of aromatic nitrogens is 2. The number of rotatable bonds is 6. The van der Waals surface area contributed by atoms with Gasteiger partial charge in [0.25, 0.3) is 0 Å². The highest BCUT2D eigenvalue weighted by Gasteiger charge is 2.45. The van der Waals surface area contributed by atoms with Gasteiger partial charge in [0.15, 0.2) is 0 Å². The molecule has 0 atom stereocenters. The minimum absolute atomic E-state index is 0.227. The van der Waals surface area contributed by atoms with Crippen LogP contribution in [0.25, 0.3) is 11.0 Å². The zero-order valence-corrected chi connectivity index (χ0v) is 18.4. The number of pyridine rings is 2. The van der Waals surface area contributed by atoms with Crippen molar-refractivity contribution in [1.29, 1.82) is 0 Å². The maximum absolute atomic E-state index is 12.6. The summed E-state index contributed by atoms with van der Waals surface area (Å²) in [6.07, 6.45) is 9.47. The van der Waals surface area contributed by atoms with Crippen LogP contribution in [0, 0.1) is 5.92 Å². The molecule has 5 nitrogen and oxygen atoms in total. The quantitative estimate of drug-likeness (QED) is 0.686. The van der Waals surface area contributed by atoms with Crippen LogP contribution in [0.3, 0.4) is 0 Å². The Morgan fingerprint density at radius 2 is 1.97 bits per heavy atom. The van der Waals surface area contributed by atoms with Gasteiger partial charge in [-0.15, -0.1) is 0 Å². The lowest BCUT2D eigenvalue weighted by Gasteiger charge is -2.42. The number of hydrogen-bond donors (Lipinski definition) is 1. The highest BCUT2D eigenvalue weighted by atomic mass is 35.5. The monoisotopic (exact) mass is 414 g/mol. The summed E-state index contributed by atoms with van der Waals surface area (Å²) < 4.78 is 0. The van der Waals surface area contributed by atoms with Gasteiger partial charge in [0, 0.05) is 24.3 Å². The van der Waals surface area contributed by atoms with Crippen molar-refractivity contribution in [2.75, 3.05) is 26.0 Å². The molecule has 0 unspecified atom stereocenters. The average molecular weight is 415 g/mol. The Morgan fingerprint density at radius 1 is 1.24 bits per heavy atom. The summed E-state index contributed by atoms with van der Waals surface area (Å²) >= 11 is 6.24. The predicted octanol–water partition coefficient (Wildman–Crippen LogP) is 4.83. The van der Waals surface area contributed by atoms with E-state index in [1.807, 2.05) is 12.3 Å². The van der Waals surface area contributed by atoms with Crippen molar-refractivity contribution in [3.05, 3.63) is 29.0 Å². The highest BCUT2D eigenvalue weighted by Crippen LogP contribution is 2.48. The molecule has 2 saturated carbocycles. The second-order valence-electron chi connectivity index (χ2n) is 9.16. The van der Waals surface area contributed by atoms with Gasteiger partial charge >= 0.3 is 0 Å². The fraction of sp³-hybridized carbons (Fsp3) is 0.609. The third-order valence-corrected chi connectivity index (χ3v) is 7.10. The van der Waals surface area contributed by atoms with Crippen LogP contribution in [0.5, 0.6) is 0 Å². The summed E-state index contributed by atoms with van der Waals surface area (Å²) in [4.78, 5) is 24.2. The van der Waals surface area contributed by atoms with Gasteiger partial charge in [-0.25, -0.2) is 4.98 Å². The Morgan fingerprint density at radius 3 is 2.55 bits per heavy atom.